The number of rotatable bonds is 4. The fourth-order valence-electron chi connectivity index (χ4n) is 1.44. The molecule has 4 heteroatoms. The molecule has 0 radical (unpaired) electrons. The summed E-state index contributed by atoms with van der Waals surface area (Å²) in [5, 5.41) is 2.95. The standard InChI is InChI=1S/C14H22N2O.ClH/c1-10(2)11(3)16-13(17)14(4,15)12-8-6-5-7-9-12;/h5-11H,15H2,1-4H3,(H,16,17);1H. The lowest BCUT2D eigenvalue weighted by Gasteiger charge is -2.27. The molecule has 1 amide bonds. The van der Waals surface area contributed by atoms with Gasteiger partial charge in [-0.3, -0.25) is 4.79 Å². The number of amides is 1. The van der Waals surface area contributed by atoms with Gasteiger partial charge in [0.15, 0.2) is 0 Å². The number of nitrogens with two attached hydrogens (primary N) is 1. The molecule has 1 aromatic rings. The molecule has 0 aromatic heterocycles. The molecule has 0 heterocycles. The van der Waals surface area contributed by atoms with Crippen molar-refractivity contribution >= 4 is 18.3 Å². The van der Waals surface area contributed by atoms with Gasteiger partial charge in [0.05, 0.1) is 0 Å². The number of carbonyl (C=O) groups excluding carboxylic acids is 1. The van der Waals surface area contributed by atoms with E-state index in [1.807, 2.05) is 37.3 Å². The molecule has 0 saturated heterocycles. The zero-order chi connectivity index (χ0) is 13.1. The summed E-state index contributed by atoms with van der Waals surface area (Å²) in [7, 11) is 0. The maximum Gasteiger partial charge on any atom is 0.244 e. The van der Waals surface area contributed by atoms with Gasteiger partial charge in [0.1, 0.15) is 5.54 Å². The first-order valence-corrected chi connectivity index (χ1v) is 6.01. The summed E-state index contributed by atoms with van der Waals surface area (Å²) in [5.41, 5.74) is 5.96. The molecule has 18 heavy (non-hydrogen) atoms. The van der Waals surface area contributed by atoms with E-state index in [0.717, 1.165) is 5.56 Å². The Morgan fingerprint density at radius 2 is 1.72 bits per heavy atom. The molecular weight excluding hydrogens is 248 g/mol. The van der Waals surface area contributed by atoms with Gasteiger partial charge in [0, 0.05) is 6.04 Å². The van der Waals surface area contributed by atoms with E-state index in [4.69, 9.17) is 5.73 Å². The molecule has 1 rings (SSSR count). The summed E-state index contributed by atoms with van der Waals surface area (Å²) < 4.78 is 0. The fourth-order valence-corrected chi connectivity index (χ4v) is 1.44. The number of carbonyl (C=O) groups is 1. The maximum atomic E-state index is 12.1. The van der Waals surface area contributed by atoms with E-state index >= 15 is 0 Å². The number of nitrogens with one attached hydrogen (secondary N) is 1. The van der Waals surface area contributed by atoms with E-state index in [-0.39, 0.29) is 24.4 Å². The average molecular weight is 271 g/mol. The van der Waals surface area contributed by atoms with E-state index in [0.29, 0.717) is 5.92 Å². The Bertz CT molecular complexity index is 377. The van der Waals surface area contributed by atoms with Crippen LogP contribution in [-0.4, -0.2) is 11.9 Å². The molecule has 0 spiro atoms. The van der Waals surface area contributed by atoms with Crippen LogP contribution >= 0.6 is 12.4 Å². The lowest BCUT2D eigenvalue weighted by atomic mass is 9.91. The highest BCUT2D eigenvalue weighted by Crippen LogP contribution is 2.18. The lowest BCUT2D eigenvalue weighted by Crippen LogP contribution is -2.52. The third-order valence-electron chi connectivity index (χ3n) is 3.20. The molecule has 3 N–H and O–H groups in total. The highest BCUT2D eigenvalue weighted by molar-refractivity contribution is 5.87. The lowest BCUT2D eigenvalue weighted by molar-refractivity contribution is -0.127. The Morgan fingerprint density at radius 1 is 1.22 bits per heavy atom. The van der Waals surface area contributed by atoms with Gasteiger partial charge in [-0.05, 0) is 25.3 Å². The zero-order valence-corrected chi connectivity index (χ0v) is 12.3. The van der Waals surface area contributed by atoms with Crippen molar-refractivity contribution in [3.05, 3.63) is 35.9 Å². The predicted molar refractivity (Wildman–Crippen MR) is 77.7 cm³/mol. The highest BCUT2D eigenvalue weighted by Gasteiger charge is 2.31. The average Bonchev–Trinajstić information content (AvgIpc) is 2.29. The van der Waals surface area contributed by atoms with Crippen molar-refractivity contribution in [3.8, 4) is 0 Å². The van der Waals surface area contributed by atoms with Crippen LogP contribution in [0, 0.1) is 5.92 Å². The smallest absolute Gasteiger partial charge is 0.244 e. The van der Waals surface area contributed by atoms with Crippen molar-refractivity contribution in [1.29, 1.82) is 0 Å². The van der Waals surface area contributed by atoms with E-state index in [1.54, 1.807) is 6.92 Å². The first kappa shape index (κ1) is 16.9. The first-order chi connectivity index (χ1) is 7.85. The predicted octanol–water partition coefficient (Wildman–Crippen LogP) is 2.44. The molecule has 0 aliphatic rings. The van der Waals surface area contributed by atoms with Gasteiger partial charge in [-0.25, -0.2) is 0 Å². The SMILES string of the molecule is CC(C)C(C)NC(=O)C(C)(N)c1ccccc1.Cl. The van der Waals surface area contributed by atoms with E-state index in [9.17, 15) is 4.79 Å². The van der Waals surface area contributed by atoms with Gasteiger partial charge >= 0.3 is 0 Å². The molecular formula is C14H23ClN2O. The molecule has 2 atom stereocenters. The van der Waals surface area contributed by atoms with Gasteiger partial charge in [-0.2, -0.15) is 0 Å². The largest absolute Gasteiger partial charge is 0.351 e. The molecule has 0 aliphatic carbocycles. The number of hydrogen-bond acceptors (Lipinski definition) is 2. The van der Waals surface area contributed by atoms with Crippen LogP contribution in [0.3, 0.4) is 0 Å². The van der Waals surface area contributed by atoms with Crippen LogP contribution in [0.1, 0.15) is 33.3 Å². The molecule has 1 aromatic carbocycles. The molecule has 0 fully saturated rings. The summed E-state index contributed by atoms with van der Waals surface area (Å²) in [6, 6.07) is 9.56. The molecule has 102 valence electrons. The van der Waals surface area contributed by atoms with Crippen molar-refractivity contribution in [3.63, 3.8) is 0 Å². The van der Waals surface area contributed by atoms with Crippen LogP contribution in [-0.2, 0) is 10.3 Å². The van der Waals surface area contributed by atoms with Crippen LogP contribution in [0.2, 0.25) is 0 Å². The minimum absolute atomic E-state index is 0. The highest BCUT2D eigenvalue weighted by atomic mass is 35.5. The second-order valence-corrected chi connectivity index (χ2v) is 5.07. The first-order valence-electron chi connectivity index (χ1n) is 6.01. The Kier molecular flexibility index (Phi) is 6.36. The maximum absolute atomic E-state index is 12.1. The second-order valence-electron chi connectivity index (χ2n) is 5.07. The Hall–Kier alpha value is -1.06. The van der Waals surface area contributed by atoms with Gasteiger partial charge in [0.25, 0.3) is 0 Å². The third-order valence-corrected chi connectivity index (χ3v) is 3.20. The molecule has 3 nitrogen and oxygen atoms in total. The molecule has 0 aliphatic heterocycles. The Labute approximate surface area is 116 Å². The van der Waals surface area contributed by atoms with Crippen LogP contribution in [0.15, 0.2) is 30.3 Å². The third kappa shape index (κ3) is 4.00. The fraction of sp³-hybridized carbons (Fsp3) is 0.500. The van der Waals surface area contributed by atoms with Gasteiger partial charge in [-0.1, -0.05) is 44.2 Å². The molecule has 0 saturated carbocycles. The minimum atomic E-state index is -0.982. The topological polar surface area (TPSA) is 55.1 Å². The minimum Gasteiger partial charge on any atom is -0.351 e. The van der Waals surface area contributed by atoms with Crippen LogP contribution < -0.4 is 11.1 Å². The van der Waals surface area contributed by atoms with Crippen molar-refractivity contribution < 1.29 is 4.79 Å². The van der Waals surface area contributed by atoms with Crippen LogP contribution in [0.4, 0.5) is 0 Å². The van der Waals surface area contributed by atoms with Crippen molar-refractivity contribution in [1.82, 2.24) is 5.32 Å². The number of benzene rings is 1. The molecule has 2 unspecified atom stereocenters. The summed E-state index contributed by atoms with van der Waals surface area (Å²) in [4.78, 5) is 12.1. The van der Waals surface area contributed by atoms with Crippen molar-refractivity contribution in [2.45, 2.75) is 39.3 Å². The van der Waals surface area contributed by atoms with E-state index < -0.39 is 5.54 Å². The summed E-state index contributed by atoms with van der Waals surface area (Å²) in [6.07, 6.45) is 0. The quantitative estimate of drug-likeness (QED) is 0.883. The van der Waals surface area contributed by atoms with Gasteiger partial charge < -0.3 is 11.1 Å². The summed E-state index contributed by atoms with van der Waals surface area (Å²) >= 11 is 0. The van der Waals surface area contributed by atoms with E-state index in [1.165, 1.54) is 0 Å². The molecule has 0 bridgehead atoms. The van der Waals surface area contributed by atoms with Gasteiger partial charge in [-0.15, -0.1) is 12.4 Å². The van der Waals surface area contributed by atoms with Crippen LogP contribution in [0.25, 0.3) is 0 Å². The monoisotopic (exact) mass is 270 g/mol. The number of hydrogen-bond donors (Lipinski definition) is 2. The Morgan fingerprint density at radius 3 is 2.17 bits per heavy atom. The van der Waals surface area contributed by atoms with E-state index in [2.05, 4.69) is 19.2 Å². The van der Waals surface area contributed by atoms with Gasteiger partial charge in [0.2, 0.25) is 5.91 Å². The zero-order valence-electron chi connectivity index (χ0n) is 11.4. The number of halogens is 1. The second kappa shape index (κ2) is 6.76. The summed E-state index contributed by atoms with van der Waals surface area (Å²) in [6.45, 7) is 7.87. The normalized spacial score (nSPS) is 15.4. The van der Waals surface area contributed by atoms with Crippen molar-refractivity contribution in [2.75, 3.05) is 0 Å². The summed E-state index contributed by atoms with van der Waals surface area (Å²) in [5.74, 6) is 0.260. The van der Waals surface area contributed by atoms with Crippen LogP contribution in [0.5, 0.6) is 0 Å². The van der Waals surface area contributed by atoms with Crippen molar-refractivity contribution in [2.24, 2.45) is 11.7 Å². The Balaban J connectivity index is 0.00000289.